The van der Waals surface area contributed by atoms with Crippen LogP contribution in [0.5, 0.6) is 0 Å². The fourth-order valence-electron chi connectivity index (χ4n) is 5.69. The van der Waals surface area contributed by atoms with Gasteiger partial charge in [0.15, 0.2) is 5.78 Å². The standard InChI is InChI=1S/C35H39N3O4/c1-6-8-13-30(36-42-34(40)35(4,5)37-18-20-41-21-19-37)25-14-16-31-28(22-25)29-23-26(15-17-32(29)38(31)7-2)33(39)27-12-10-9-11-24(27)3/h6,9-12,14-17,22-23H,1,7-8,13,18-21H2,2-5H3/b36-30+. The molecule has 1 saturated heterocycles. The van der Waals surface area contributed by atoms with E-state index in [1.165, 1.54) is 0 Å². The van der Waals surface area contributed by atoms with Gasteiger partial charge in [-0.3, -0.25) is 9.69 Å². The van der Waals surface area contributed by atoms with Crippen LogP contribution in [0.25, 0.3) is 21.8 Å². The van der Waals surface area contributed by atoms with E-state index in [0.717, 1.165) is 39.5 Å². The molecule has 42 heavy (non-hydrogen) atoms. The maximum Gasteiger partial charge on any atom is 0.354 e. The number of allylic oxidation sites excluding steroid dienone is 1. The Morgan fingerprint density at radius 2 is 1.64 bits per heavy atom. The van der Waals surface area contributed by atoms with Crippen LogP contribution in [-0.2, 0) is 20.9 Å². The first-order chi connectivity index (χ1) is 20.3. The molecule has 0 saturated carbocycles. The normalized spacial score (nSPS) is 14.8. The highest BCUT2D eigenvalue weighted by molar-refractivity contribution is 6.16. The molecule has 7 nitrogen and oxygen atoms in total. The van der Waals surface area contributed by atoms with E-state index >= 15 is 0 Å². The van der Waals surface area contributed by atoms with Crippen molar-refractivity contribution in [2.45, 2.75) is 52.6 Å². The minimum atomic E-state index is -0.824. The largest absolute Gasteiger partial charge is 0.379 e. The Hall–Kier alpha value is -4.07. The van der Waals surface area contributed by atoms with Crippen LogP contribution in [0.1, 0.15) is 60.7 Å². The molecule has 1 aromatic heterocycles. The van der Waals surface area contributed by atoms with Crippen LogP contribution in [0.2, 0.25) is 0 Å². The lowest BCUT2D eigenvalue weighted by molar-refractivity contribution is -0.159. The summed E-state index contributed by atoms with van der Waals surface area (Å²) < 4.78 is 7.70. The molecule has 0 radical (unpaired) electrons. The molecule has 3 aromatic carbocycles. The number of oxime groups is 1. The van der Waals surface area contributed by atoms with Crippen molar-refractivity contribution in [3.8, 4) is 0 Å². The summed E-state index contributed by atoms with van der Waals surface area (Å²) in [6.07, 6.45) is 3.09. The van der Waals surface area contributed by atoms with E-state index in [-0.39, 0.29) is 5.78 Å². The lowest BCUT2D eigenvalue weighted by Gasteiger charge is -2.37. The molecule has 5 rings (SSSR count). The zero-order valence-corrected chi connectivity index (χ0v) is 25.0. The van der Waals surface area contributed by atoms with Gasteiger partial charge < -0.3 is 14.1 Å². The zero-order chi connectivity index (χ0) is 29.9. The van der Waals surface area contributed by atoms with Crippen molar-refractivity contribution < 1.29 is 19.2 Å². The number of morpholine rings is 1. The number of ketones is 1. The number of hydrogen-bond donors (Lipinski definition) is 0. The van der Waals surface area contributed by atoms with Crippen molar-refractivity contribution in [2.24, 2.45) is 5.16 Å². The van der Waals surface area contributed by atoms with Crippen LogP contribution in [0.4, 0.5) is 0 Å². The van der Waals surface area contributed by atoms with Crippen molar-refractivity contribution in [1.29, 1.82) is 0 Å². The number of carbonyl (C=O) groups is 2. The topological polar surface area (TPSA) is 73.1 Å². The second-order valence-corrected chi connectivity index (χ2v) is 11.3. The van der Waals surface area contributed by atoms with Gasteiger partial charge in [0.05, 0.1) is 18.9 Å². The van der Waals surface area contributed by atoms with Crippen LogP contribution in [-0.4, -0.2) is 58.8 Å². The summed E-state index contributed by atoms with van der Waals surface area (Å²) in [5.41, 5.74) is 5.17. The quantitative estimate of drug-likeness (QED) is 0.0705. The van der Waals surface area contributed by atoms with Gasteiger partial charge in [-0.15, -0.1) is 6.58 Å². The average molecular weight is 566 g/mol. The Kier molecular flexibility index (Phi) is 8.71. The summed E-state index contributed by atoms with van der Waals surface area (Å²) in [6.45, 7) is 15.0. The summed E-state index contributed by atoms with van der Waals surface area (Å²) in [4.78, 5) is 34.3. The van der Waals surface area contributed by atoms with Gasteiger partial charge in [-0.05, 0) is 76.4 Å². The van der Waals surface area contributed by atoms with Gasteiger partial charge in [0.1, 0.15) is 5.54 Å². The lowest BCUT2D eigenvalue weighted by atomic mass is 9.97. The van der Waals surface area contributed by atoms with Gasteiger partial charge in [0, 0.05) is 58.1 Å². The van der Waals surface area contributed by atoms with Gasteiger partial charge >= 0.3 is 5.97 Å². The molecule has 2 heterocycles. The number of aryl methyl sites for hydroxylation is 2. The number of nitrogens with zero attached hydrogens (tertiary/aromatic N) is 3. The van der Waals surface area contributed by atoms with Crippen molar-refractivity contribution in [3.05, 3.63) is 95.6 Å². The molecule has 218 valence electrons. The number of fused-ring (bicyclic) bond motifs is 3. The molecule has 4 aromatic rings. The highest BCUT2D eigenvalue weighted by atomic mass is 16.7. The number of carbonyl (C=O) groups excluding carboxylic acids is 2. The first kappa shape index (κ1) is 29.4. The third kappa shape index (κ3) is 5.67. The second kappa shape index (κ2) is 12.4. The Bertz CT molecular complexity index is 1670. The summed E-state index contributed by atoms with van der Waals surface area (Å²) in [5.74, 6) is -0.393. The molecular formula is C35H39N3O4. The maximum absolute atomic E-state index is 13.5. The maximum atomic E-state index is 13.5. The van der Waals surface area contributed by atoms with Gasteiger partial charge in [-0.1, -0.05) is 41.6 Å². The third-order valence-electron chi connectivity index (χ3n) is 8.29. The Labute approximate surface area is 247 Å². The number of aromatic nitrogens is 1. The highest BCUT2D eigenvalue weighted by Crippen LogP contribution is 2.32. The first-order valence-corrected chi connectivity index (χ1v) is 14.6. The molecule has 0 bridgehead atoms. The molecule has 0 N–H and O–H groups in total. The van der Waals surface area contributed by atoms with Crippen LogP contribution >= 0.6 is 0 Å². The Morgan fingerprint density at radius 1 is 1.00 bits per heavy atom. The van der Waals surface area contributed by atoms with Gasteiger partial charge in [-0.25, -0.2) is 4.79 Å². The van der Waals surface area contributed by atoms with Crippen LogP contribution in [0, 0.1) is 6.92 Å². The SMILES string of the molecule is C=CCC/C(=N\OC(=O)C(C)(C)N1CCOCC1)c1ccc2c(c1)c1cc(C(=O)c3ccccc3C)ccc1n2CC. The molecule has 0 amide bonds. The summed E-state index contributed by atoms with van der Waals surface area (Å²) in [7, 11) is 0. The van der Waals surface area contributed by atoms with Crippen molar-refractivity contribution in [2.75, 3.05) is 26.3 Å². The fourth-order valence-corrected chi connectivity index (χ4v) is 5.69. The summed E-state index contributed by atoms with van der Waals surface area (Å²) in [5, 5.41) is 6.43. The average Bonchev–Trinajstić information content (AvgIpc) is 3.33. The summed E-state index contributed by atoms with van der Waals surface area (Å²) >= 11 is 0. The van der Waals surface area contributed by atoms with E-state index in [4.69, 9.17) is 9.57 Å². The van der Waals surface area contributed by atoms with E-state index < -0.39 is 11.5 Å². The fraction of sp³-hybridized carbons (Fsp3) is 0.343. The predicted octanol–water partition coefficient (Wildman–Crippen LogP) is 6.68. The molecule has 1 aliphatic heterocycles. The van der Waals surface area contributed by atoms with Crippen LogP contribution in [0.3, 0.4) is 0 Å². The minimum absolute atomic E-state index is 0.00609. The molecule has 7 heteroatoms. The van der Waals surface area contributed by atoms with E-state index in [2.05, 4.69) is 40.3 Å². The first-order valence-electron chi connectivity index (χ1n) is 14.6. The number of rotatable bonds is 10. The Morgan fingerprint density at radius 3 is 2.29 bits per heavy atom. The molecule has 0 unspecified atom stereocenters. The van der Waals surface area contributed by atoms with Crippen LogP contribution < -0.4 is 0 Å². The van der Waals surface area contributed by atoms with E-state index in [9.17, 15) is 9.59 Å². The zero-order valence-electron chi connectivity index (χ0n) is 25.0. The molecule has 0 aliphatic carbocycles. The van der Waals surface area contributed by atoms with Gasteiger partial charge in [-0.2, -0.15) is 0 Å². The molecule has 0 atom stereocenters. The molecule has 0 spiro atoms. The monoisotopic (exact) mass is 565 g/mol. The number of benzene rings is 3. The van der Waals surface area contributed by atoms with Gasteiger partial charge in [0.25, 0.3) is 0 Å². The van der Waals surface area contributed by atoms with Crippen LogP contribution in [0.15, 0.2) is 78.5 Å². The van der Waals surface area contributed by atoms with Crippen molar-refractivity contribution in [1.82, 2.24) is 9.47 Å². The van der Waals surface area contributed by atoms with Crippen molar-refractivity contribution >= 4 is 39.3 Å². The summed E-state index contributed by atoms with van der Waals surface area (Å²) in [6, 6.07) is 19.8. The number of ether oxygens (including phenoxy) is 1. The minimum Gasteiger partial charge on any atom is -0.379 e. The Balaban J connectivity index is 1.53. The molecule has 1 fully saturated rings. The van der Waals surface area contributed by atoms with Gasteiger partial charge in [0.2, 0.25) is 0 Å². The predicted molar refractivity (Wildman–Crippen MR) is 168 cm³/mol. The second-order valence-electron chi connectivity index (χ2n) is 11.3. The van der Waals surface area contributed by atoms with E-state index in [0.29, 0.717) is 56.0 Å². The third-order valence-corrected chi connectivity index (χ3v) is 8.29. The van der Waals surface area contributed by atoms with Crippen molar-refractivity contribution in [3.63, 3.8) is 0 Å². The smallest absolute Gasteiger partial charge is 0.354 e. The lowest BCUT2D eigenvalue weighted by Crippen LogP contribution is -2.54. The van der Waals surface area contributed by atoms with E-state index in [1.54, 1.807) is 0 Å². The number of hydrogen-bond acceptors (Lipinski definition) is 6. The molecular weight excluding hydrogens is 526 g/mol. The highest BCUT2D eigenvalue weighted by Gasteiger charge is 2.37. The van der Waals surface area contributed by atoms with E-state index in [1.807, 2.05) is 75.4 Å². The molecule has 1 aliphatic rings.